The van der Waals surface area contributed by atoms with Crippen LogP contribution in [0.5, 0.6) is 0 Å². The monoisotopic (exact) mass is 273 g/mol. The van der Waals surface area contributed by atoms with Crippen molar-refractivity contribution in [3.8, 4) is 0 Å². The van der Waals surface area contributed by atoms with E-state index in [-0.39, 0.29) is 4.44 Å². The molecule has 11 heavy (non-hydrogen) atoms. The van der Waals surface area contributed by atoms with Gasteiger partial charge in [-0.2, -0.15) is 0 Å². The van der Waals surface area contributed by atoms with Crippen LogP contribution in [0, 0.1) is 0 Å². The molecule has 7 heteroatoms. The van der Waals surface area contributed by atoms with Gasteiger partial charge in [0, 0.05) is 0 Å². The van der Waals surface area contributed by atoms with Crippen LogP contribution < -0.4 is 0 Å². The van der Waals surface area contributed by atoms with E-state index in [1.807, 2.05) is 6.92 Å². The average molecular weight is 272 g/mol. The summed E-state index contributed by atoms with van der Waals surface area (Å²) in [4.78, 5) is 0. The van der Waals surface area contributed by atoms with Gasteiger partial charge in [-0.05, 0) is 0 Å². The molecule has 6 nitrogen and oxygen atoms in total. The van der Waals surface area contributed by atoms with E-state index in [0.717, 1.165) is 6.42 Å². The van der Waals surface area contributed by atoms with E-state index in [1.165, 1.54) is 0 Å². The SMILES string of the molecule is CCC[CH2][Sn]([O][O])([O][O])[O][O]. The van der Waals surface area contributed by atoms with E-state index >= 15 is 0 Å². The molecular weight excluding hydrogens is 263 g/mol. The molecule has 0 spiro atoms. The van der Waals surface area contributed by atoms with Gasteiger partial charge in [0.05, 0.1) is 0 Å². The standard InChI is InChI=1S/C4H9.3O2.Sn/c1-3-4-2;3*1-2;/h1,3-4H2,2H3;;;;/q;3*-1;+3. The third kappa shape index (κ3) is 3.65. The molecule has 0 aliphatic carbocycles. The molecule has 0 heterocycles. The van der Waals surface area contributed by atoms with E-state index in [9.17, 15) is 15.8 Å². The molecule has 0 saturated heterocycles. The van der Waals surface area contributed by atoms with E-state index in [4.69, 9.17) is 0 Å². The molecule has 0 atom stereocenters. The first kappa shape index (κ1) is 11.6. The second-order valence-electron chi connectivity index (χ2n) is 2.04. The molecule has 0 aromatic heterocycles. The topological polar surface area (TPSA) is 87.4 Å². The fourth-order valence-corrected chi connectivity index (χ4v) is 3.76. The zero-order valence-electron chi connectivity index (χ0n) is 6.07. The third-order valence-corrected chi connectivity index (χ3v) is 6.15. The molecule has 0 N–H and O–H groups in total. The predicted octanol–water partition coefficient (Wildman–Crippen LogP) is 0.812. The summed E-state index contributed by atoms with van der Waals surface area (Å²) in [5, 5.41) is 29.6. The van der Waals surface area contributed by atoms with Crippen LogP contribution in [-0.4, -0.2) is 19.6 Å². The number of rotatable bonds is 6. The third-order valence-electron chi connectivity index (χ3n) is 1.22. The van der Waals surface area contributed by atoms with E-state index < -0.39 is 19.6 Å². The van der Waals surface area contributed by atoms with E-state index in [2.05, 4.69) is 9.67 Å². The van der Waals surface area contributed by atoms with Crippen molar-refractivity contribution in [2.75, 3.05) is 0 Å². The first-order chi connectivity index (χ1) is 5.24. The fourth-order valence-electron chi connectivity index (χ4n) is 0.560. The molecule has 0 saturated carbocycles. The van der Waals surface area contributed by atoms with Crippen LogP contribution in [0.25, 0.3) is 0 Å². The molecule has 0 unspecified atom stereocenters. The van der Waals surface area contributed by atoms with Gasteiger partial charge in [0.2, 0.25) is 0 Å². The van der Waals surface area contributed by atoms with Crippen molar-refractivity contribution >= 4 is 19.6 Å². The molecule has 0 bridgehead atoms. The Balaban J connectivity index is 3.84. The molecule has 0 aromatic carbocycles. The summed E-state index contributed by atoms with van der Waals surface area (Å²) in [6.45, 7) is 1.84. The summed E-state index contributed by atoms with van der Waals surface area (Å²) < 4.78 is 10.3. The Bertz CT molecular complexity index is 86.3. The van der Waals surface area contributed by atoms with E-state index in [0.29, 0.717) is 6.42 Å². The number of hydrogen-bond acceptors (Lipinski definition) is 3. The quantitative estimate of drug-likeness (QED) is 0.407. The second kappa shape index (κ2) is 6.12. The molecule has 0 rings (SSSR count). The molecule has 0 aliphatic rings. The Labute approximate surface area is 69.6 Å². The van der Waals surface area contributed by atoms with Crippen molar-refractivity contribution < 1.29 is 25.4 Å². The minimum absolute atomic E-state index is 0.0433. The van der Waals surface area contributed by atoms with Gasteiger partial charge in [-0.3, -0.25) is 0 Å². The van der Waals surface area contributed by atoms with Crippen LogP contribution >= 0.6 is 0 Å². The van der Waals surface area contributed by atoms with Gasteiger partial charge in [0.15, 0.2) is 0 Å². The van der Waals surface area contributed by atoms with Crippen molar-refractivity contribution in [1.82, 2.24) is 0 Å². The minimum atomic E-state index is -4.63. The summed E-state index contributed by atoms with van der Waals surface area (Å²) >= 11 is -4.63. The molecule has 3 radical (unpaired) electrons. The summed E-state index contributed by atoms with van der Waals surface area (Å²) in [5.41, 5.74) is 0. The average Bonchev–Trinajstić information content (AvgIpc) is 2.08. The van der Waals surface area contributed by atoms with Crippen LogP contribution in [0.15, 0.2) is 0 Å². The van der Waals surface area contributed by atoms with Crippen molar-refractivity contribution in [2.45, 2.75) is 24.2 Å². The molecule has 0 fully saturated rings. The maximum absolute atomic E-state index is 9.86. The van der Waals surface area contributed by atoms with Gasteiger partial charge in [-0.15, -0.1) is 0 Å². The van der Waals surface area contributed by atoms with Gasteiger partial charge in [-0.25, -0.2) is 0 Å². The van der Waals surface area contributed by atoms with Crippen molar-refractivity contribution in [3.63, 3.8) is 0 Å². The fraction of sp³-hybridized carbons (Fsp3) is 1.00. The summed E-state index contributed by atoms with van der Waals surface area (Å²) in [6, 6.07) is 0. The van der Waals surface area contributed by atoms with Gasteiger partial charge < -0.3 is 0 Å². The Kier molecular flexibility index (Phi) is 6.43. The Morgan fingerprint density at radius 1 is 1.09 bits per heavy atom. The normalized spacial score (nSPS) is 12.0. The first-order valence-electron chi connectivity index (χ1n) is 3.17. The number of unbranched alkanes of at least 4 members (excludes halogenated alkanes) is 1. The zero-order chi connectivity index (χ0) is 8.74. The van der Waals surface area contributed by atoms with Gasteiger partial charge in [-0.1, -0.05) is 0 Å². The predicted molar refractivity (Wildman–Crippen MR) is 30.8 cm³/mol. The summed E-state index contributed by atoms with van der Waals surface area (Å²) in [6.07, 6.45) is 1.28. The molecule has 65 valence electrons. The van der Waals surface area contributed by atoms with Gasteiger partial charge in [0.25, 0.3) is 0 Å². The molecular formula is C4H9O6Sn. The summed E-state index contributed by atoms with van der Waals surface area (Å²) in [7, 11) is 0. The van der Waals surface area contributed by atoms with Crippen molar-refractivity contribution in [3.05, 3.63) is 0 Å². The van der Waals surface area contributed by atoms with Crippen molar-refractivity contribution in [1.29, 1.82) is 0 Å². The molecule has 0 amide bonds. The van der Waals surface area contributed by atoms with Crippen LogP contribution in [0.3, 0.4) is 0 Å². The van der Waals surface area contributed by atoms with Crippen molar-refractivity contribution in [2.24, 2.45) is 0 Å². The van der Waals surface area contributed by atoms with Crippen LogP contribution in [-0.2, 0) is 25.4 Å². The number of hydrogen-bond donors (Lipinski definition) is 0. The van der Waals surface area contributed by atoms with Gasteiger partial charge in [0.1, 0.15) is 0 Å². The van der Waals surface area contributed by atoms with Gasteiger partial charge >= 0.3 is 69.3 Å². The van der Waals surface area contributed by atoms with Crippen LogP contribution in [0.1, 0.15) is 19.8 Å². The van der Waals surface area contributed by atoms with Crippen LogP contribution in [0.4, 0.5) is 0 Å². The Hall–Kier alpha value is 0.559. The molecule has 0 aromatic rings. The van der Waals surface area contributed by atoms with E-state index in [1.54, 1.807) is 0 Å². The zero-order valence-corrected chi connectivity index (χ0v) is 8.92. The van der Waals surface area contributed by atoms with Crippen LogP contribution in [0.2, 0.25) is 4.44 Å². The Morgan fingerprint density at radius 2 is 1.55 bits per heavy atom. The first-order valence-corrected chi connectivity index (χ1v) is 8.69. The summed E-state index contributed by atoms with van der Waals surface area (Å²) in [5.74, 6) is 0. The maximum atomic E-state index is 9.86. The Morgan fingerprint density at radius 3 is 1.82 bits per heavy atom. The molecule has 0 aliphatic heterocycles. The second-order valence-corrected chi connectivity index (χ2v) is 8.79.